The lowest BCUT2D eigenvalue weighted by Gasteiger charge is -2.11. The summed E-state index contributed by atoms with van der Waals surface area (Å²) in [6.45, 7) is 1.76. The molecular weight excluding hydrogens is 254 g/mol. The smallest absolute Gasteiger partial charge is 0.251 e. The molecule has 1 aliphatic carbocycles. The predicted molar refractivity (Wildman–Crippen MR) is 78.7 cm³/mol. The lowest BCUT2D eigenvalue weighted by atomic mass is 10.1. The van der Waals surface area contributed by atoms with Crippen molar-refractivity contribution in [1.82, 2.24) is 0 Å². The second-order valence-electron chi connectivity index (χ2n) is 5.07. The molecule has 0 atom stereocenters. The number of allylic oxidation sites excluding steroid dienone is 1. The summed E-state index contributed by atoms with van der Waals surface area (Å²) in [5, 5.41) is 12.2. The standard InChI is InChI=1S/C16H21NO3/c1-11(12-5-3-4-6-12)16(19)17-14-7-8-15(20-2)13(9-14)10-18/h7-9,18H,3-6,10H2,1-2H3,(H,17,19). The molecule has 0 unspecified atom stereocenters. The van der Waals surface area contributed by atoms with Crippen molar-refractivity contribution in [2.75, 3.05) is 12.4 Å². The number of methoxy groups -OCH3 is 1. The van der Waals surface area contributed by atoms with E-state index in [9.17, 15) is 9.90 Å². The van der Waals surface area contributed by atoms with Gasteiger partial charge in [-0.2, -0.15) is 0 Å². The molecule has 1 aromatic carbocycles. The van der Waals surface area contributed by atoms with Crippen molar-refractivity contribution < 1.29 is 14.6 Å². The van der Waals surface area contributed by atoms with Gasteiger partial charge in [-0.1, -0.05) is 5.57 Å². The molecule has 0 saturated heterocycles. The van der Waals surface area contributed by atoms with Crippen LogP contribution in [-0.4, -0.2) is 18.1 Å². The van der Waals surface area contributed by atoms with E-state index in [0.717, 1.165) is 18.4 Å². The lowest BCUT2D eigenvalue weighted by molar-refractivity contribution is -0.112. The fraction of sp³-hybridized carbons (Fsp3) is 0.438. The summed E-state index contributed by atoms with van der Waals surface area (Å²) in [5.41, 5.74) is 3.43. The maximum absolute atomic E-state index is 12.2. The Balaban J connectivity index is 2.13. The van der Waals surface area contributed by atoms with Gasteiger partial charge in [0, 0.05) is 16.8 Å². The Morgan fingerprint density at radius 1 is 1.35 bits per heavy atom. The minimum atomic E-state index is -0.118. The molecule has 0 aromatic heterocycles. The molecule has 0 spiro atoms. The molecule has 1 fully saturated rings. The van der Waals surface area contributed by atoms with E-state index in [-0.39, 0.29) is 12.5 Å². The van der Waals surface area contributed by atoms with Gasteiger partial charge < -0.3 is 15.2 Å². The average molecular weight is 275 g/mol. The highest BCUT2D eigenvalue weighted by Gasteiger charge is 2.15. The van der Waals surface area contributed by atoms with Gasteiger partial charge in [-0.05, 0) is 50.8 Å². The molecule has 0 bridgehead atoms. The molecule has 1 aliphatic rings. The van der Waals surface area contributed by atoms with E-state index in [1.54, 1.807) is 25.3 Å². The molecule has 2 rings (SSSR count). The number of hydrogen-bond acceptors (Lipinski definition) is 3. The number of ether oxygens (including phenoxy) is 1. The number of carbonyl (C=O) groups excluding carboxylic acids is 1. The van der Waals surface area contributed by atoms with Crippen LogP contribution in [0.4, 0.5) is 5.69 Å². The van der Waals surface area contributed by atoms with E-state index in [1.807, 2.05) is 6.92 Å². The first-order valence-electron chi connectivity index (χ1n) is 6.93. The van der Waals surface area contributed by atoms with Gasteiger partial charge >= 0.3 is 0 Å². The van der Waals surface area contributed by atoms with Gasteiger partial charge in [-0.25, -0.2) is 0 Å². The van der Waals surface area contributed by atoms with E-state index in [0.29, 0.717) is 17.0 Å². The third-order valence-electron chi connectivity index (χ3n) is 3.79. The zero-order valence-corrected chi connectivity index (χ0v) is 12.0. The number of nitrogens with one attached hydrogen (secondary N) is 1. The summed E-state index contributed by atoms with van der Waals surface area (Å²) < 4.78 is 5.14. The van der Waals surface area contributed by atoms with E-state index in [4.69, 9.17) is 4.74 Å². The van der Waals surface area contributed by atoms with Crippen LogP contribution in [-0.2, 0) is 11.4 Å². The fourth-order valence-electron chi connectivity index (χ4n) is 2.54. The molecule has 108 valence electrons. The van der Waals surface area contributed by atoms with Gasteiger partial charge in [-0.3, -0.25) is 4.79 Å². The van der Waals surface area contributed by atoms with Gasteiger partial charge in [0.25, 0.3) is 5.91 Å². The van der Waals surface area contributed by atoms with Crippen LogP contribution in [0.2, 0.25) is 0 Å². The topological polar surface area (TPSA) is 58.6 Å². The van der Waals surface area contributed by atoms with Crippen molar-refractivity contribution in [3.8, 4) is 5.75 Å². The average Bonchev–Trinajstić information content (AvgIpc) is 3.00. The third-order valence-corrected chi connectivity index (χ3v) is 3.79. The number of carbonyl (C=O) groups is 1. The van der Waals surface area contributed by atoms with Gasteiger partial charge in [0.2, 0.25) is 0 Å². The van der Waals surface area contributed by atoms with Crippen molar-refractivity contribution in [3.63, 3.8) is 0 Å². The normalized spacial score (nSPS) is 14.2. The Morgan fingerprint density at radius 2 is 2.05 bits per heavy atom. The minimum Gasteiger partial charge on any atom is -0.496 e. The largest absolute Gasteiger partial charge is 0.496 e. The second kappa shape index (κ2) is 6.57. The van der Waals surface area contributed by atoms with Gasteiger partial charge in [-0.15, -0.1) is 0 Å². The highest BCUT2D eigenvalue weighted by Crippen LogP contribution is 2.28. The summed E-state index contributed by atoms with van der Waals surface area (Å²) in [6, 6.07) is 5.27. The molecule has 0 radical (unpaired) electrons. The van der Waals surface area contributed by atoms with E-state index in [2.05, 4.69) is 5.32 Å². The van der Waals surface area contributed by atoms with Gasteiger partial charge in [0.1, 0.15) is 5.75 Å². The lowest BCUT2D eigenvalue weighted by Crippen LogP contribution is -2.14. The van der Waals surface area contributed by atoms with Crippen LogP contribution in [0.25, 0.3) is 0 Å². The summed E-state index contributed by atoms with van der Waals surface area (Å²) in [6.07, 6.45) is 4.42. The molecule has 2 N–H and O–H groups in total. The Hall–Kier alpha value is -1.81. The van der Waals surface area contributed by atoms with Crippen LogP contribution in [0.5, 0.6) is 5.75 Å². The number of anilines is 1. The van der Waals surface area contributed by atoms with Crippen molar-refractivity contribution in [1.29, 1.82) is 0 Å². The highest BCUT2D eigenvalue weighted by molar-refractivity contribution is 6.03. The molecule has 0 heterocycles. The van der Waals surface area contributed by atoms with Crippen LogP contribution in [0.3, 0.4) is 0 Å². The number of benzene rings is 1. The van der Waals surface area contributed by atoms with Crippen LogP contribution in [0.1, 0.15) is 38.2 Å². The Kier molecular flexibility index (Phi) is 4.79. The number of aliphatic hydroxyl groups excluding tert-OH is 1. The van der Waals surface area contributed by atoms with E-state index in [1.165, 1.54) is 18.4 Å². The summed E-state index contributed by atoms with van der Waals surface area (Å²) >= 11 is 0. The predicted octanol–water partition coefficient (Wildman–Crippen LogP) is 3.02. The first-order chi connectivity index (χ1) is 9.65. The van der Waals surface area contributed by atoms with Crippen LogP contribution < -0.4 is 10.1 Å². The molecule has 4 heteroatoms. The highest BCUT2D eigenvalue weighted by atomic mass is 16.5. The van der Waals surface area contributed by atoms with E-state index >= 15 is 0 Å². The number of hydrogen-bond donors (Lipinski definition) is 2. The minimum absolute atomic E-state index is 0.0593. The molecule has 1 saturated carbocycles. The summed E-state index contributed by atoms with van der Waals surface area (Å²) in [4.78, 5) is 12.2. The van der Waals surface area contributed by atoms with Crippen molar-refractivity contribution in [2.24, 2.45) is 0 Å². The van der Waals surface area contributed by atoms with Crippen molar-refractivity contribution >= 4 is 11.6 Å². The zero-order valence-electron chi connectivity index (χ0n) is 12.0. The molecule has 1 aromatic rings. The summed E-state index contributed by atoms with van der Waals surface area (Å²) in [5.74, 6) is 0.562. The number of rotatable bonds is 4. The maximum Gasteiger partial charge on any atom is 0.251 e. The Labute approximate surface area is 119 Å². The molecule has 1 amide bonds. The second-order valence-corrected chi connectivity index (χ2v) is 5.07. The van der Waals surface area contributed by atoms with Crippen molar-refractivity contribution in [3.05, 3.63) is 34.9 Å². The third kappa shape index (κ3) is 3.20. The zero-order chi connectivity index (χ0) is 14.5. The molecular formula is C16H21NO3. The number of aliphatic hydroxyl groups is 1. The van der Waals surface area contributed by atoms with Gasteiger partial charge in [0.15, 0.2) is 0 Å². The fourth-order valence-corrected chi connectivity index (χ4v) is 2.54. The van der Waals surface area contributed by atoms with Gasteiger partial charge in [0.05, 0.1) is 13.7 Å². The number of amides is 1. The van der Waals surface area contributed by atoms with Crippen LogP contribution in [0.15, 0.2) is 29.3 Å². The monoisotopic (exact) mass is 275 g/mol. The first-order valence-corrected chi connectivity index (χ1v) is 6.93. The van der Waals surface area contributed by atoms with Crippen LogP contribution >= 0.6 is 0 Å². The first kappa shape index (κ1) is 14.6. The SMILES string of the molecule is COc1ccc(NC(=O)C(C)=C2CCCC2)cc1CO. The van der Waals surface area contributed by atoms with Crippen molar-refractivity contribution in [2.45, 2.75) is 39.2 Å². The van der Waals surface area contributed by atoms with E-state index < -0.39 is 0 Å². The maximum atomic E-state index is 12.2. The molecule has 20 heavy (non-hydrogen) atoms. The summed E-state index contributed by atoms with van der Waals surface area (Å²) in [7, 11) is 1.56. The molecule has 0 aliphatic heterocycles. The molecule has 4 nitrogen and oxygen atoms in total. The Morgan fingerprint density at radius 3 is 2.65 bits per heavy atom. The van der Waals surface area contributed by atoms with Crippen LogP contribution in [0, 0.1) is 0 Å². The quantitative estimate of drug-likeness (QED) is 0.830. The Bertz CT molecular complexity index is 527.